The minimum atomic E-state index is 0.0158. The van der Waals surface area contributed by atoms with E-state index >= 15 is 0 Å². The quantitative estimate of drug-likeness (QED) is 0.682. The van der Waals surface area contributed by atoms with E-state index in [1.54, 1.807) is 0 Å². The summed E-state index contributed by atoms with van der Waals surface area (Å²) >= 11 is 0. The summed E-state index contributed by atoms with van der Waals surface area (Å²) in [5.41, 5.74) is 7.23. The van der Waals surface area contributed by atoms with E-state index < -0.39 is 0 Å². The van der Waals surface area contributed by atoms with Crippen molar-refractivity contribution >= 4 is 0 Å². The fraction of sp³-hybridized carbons (Fsp3) is 0.391. The lowest BCUT2D eigenvalue weighted by Gasteiger charge is -2.32. The third-order valence-corrected chi connectivity index (χ3v) is 5.21. The SMILES string of the molecule is Cc1ccc(Cc2cc(C)nc([C@@H]3CN(Cc4cnn(C)c4)CCO3)c2)cc1. The van der Waals surface area contributed by atoms with Crippen LogP contribution in [0.3, 0.4) is 0 Å². The van der Waals surface area contributed by atoms with E-state index in [-0.39, 0.29) is 6.10 Å². The maximum absolute atomic E-state index is 6.09. The highest BCUT2D eigenvalue weighted by atomic mass is 16.5. The summed E-state index contributed by atoms with van der Waals surface area (Å²) in [5, 5.41) is 4.27. The third kappa shape index (κ3) is 4.66. The van der Waals surface area contributed by atoms with Crippen LogP contribution in [-0.4, -0.2) is 39.4 Å². The van der Waals surface area contributed by atoms with Crippen molar-refractivity contribution in [3.05, 3.63) is 82.4 Å². The Hall–Kier alpha value is -2.50. The average Bonchev–Trinajstić information content (AvgIpc) is 3.08. The molecule has 5 nitrogen and oxygen atoms in total. The molecule has 0 unspecified atom stereocenters. The fourth-order valence-corrected chi connectivity index (χ4v) is 3.81. The molecule has 0 amide bonds. The number of ether oxygens (including phenoxy) is 1. The van der Waals surface area contributed by atoms with Crippen LogP contribution in [0.5, 0.6) is 0 Å². The molecule has 0 bridgehead atoms. The van der Waals surface area contributed by atoms with Gasteiger partial charge in [0.25, 0.3) is 0 Å². The monoisotopic (exact) mass is 376 g/mol. The molecule has 5 heteroatoms. The summed E-state index contributed by atoms with van der Waals surface area (Å²) in [7, 11) is 1.96. The Labute approximate surface area is 167 Å². The van der Waals surface area contributed by atoms with Gasteiger partial charge in [-0.05, 0) is 43.5 Å². The van der Waals surface area contributed by atoms with Gasteiger partial charge in [-0.2, -0.15) is 5.10 Å². The van der Waals surface area contributed by atoms with Gasteiger partial charge in [0, 0.05) is 44.1 Å². The van der Waals surface area contributed by atoms with Gasteiger partial charge < -0.3 is 4.74 Å². The molecule has 1 atom stereocenters. The molecule has 3 heterocycles. The molecule has 28 heavy (non-hydrogen) atoms. The van der Waals surface area contributed by atoms with E-state index in [1.165, 1.54) is 22.3 Å². The minimum Gasteiger partial charge on any atom is -0.369 e. The molecule has 2 aromatic heterocycles. The van der Waals surface area contributed by atoms with E-state index in [2.05, 4.69) is 66.4 Å². The smallest absolute Gasteiger partial charge is 0.112 e. The minimum absolute atomic E-state index is 0.0158. The van der Waals surface area contributed by atoms with E-state index in [0.717, 1.165) is 44.0 Å². The van der Waals surface area contributed by atoms with Crippen LogP contribution in [0.1, 0.15) is 39.7 Å². The molecule has 146 valence electrons. The molecule has 1 aliphatic heterocycles. The van der Waals surface area contributed by atoms with Gasteiger partial charge in [0.15, 0.2) is 0 Å². The van der Waals surface area contributed by atoms with Crippen LogP contribution in [0.4, 0.5) is 0 Å². The van der Waals surface area contributed by atoms with Crippen molar-refractivity contribution in [2.45, 2.75) is 32.9 Å². The maximum atomic E-state index is 6.09. The lowest BCUT2D eigenvalue weighted by molar-refractivity contribution is -0.0350. The number of rotatable bonds is 5. The second-order valence-electron chi connectivity index (χ2n) is 7.82. The Morgan fingerprint density at radius 2 is 1.89 bits per heavy atom. The number of pyridine rings is 1. The molecule has 3 aromatic rings. The van der Waals surface area contributed by atoms with Gasteiger partial charge in [-0.3, -0.25) is 14.6 Å². The second-order valence-corrected chi connectivity index (χ2v) is 7.82. The Balaban J connectivity index is 1.48. The van der Waals surface area contributed by atoms with Crippen molar-refractivity contribution in [2.75, 3.05) is 19.7 Å². The van der Waals surface area contributed by atoms with E-state index in [0.29, 0.717) is 0 Å². The highest BCUT2D eigenvalue weighted by molar-refractivity contribution is 5.31. The van der Waals surface area contributed by atoms with Crippen molar-refractivity contribution in [3.63, 3.8) is 0 Å². The van der Waals surface area contributed by atoms with Gasteiger partial charge in [-0.25, -0.2) is 0 Å². The fourth-order valence-electron chi connectivity index (χ4n) is 3.81. The Bertz CT molecular complexity index is 932. The molecule has 0 aliphatic carbocycles. The van der Waals surface area contributed by atoms with Crippen LogP contribution < -0.4 is 0 Å². The zero-order valence-electron chi connectivity index (χ0n) is 16.9. The van der Waals surface area contributed by atoms with Crippen molar-refractivity contribution in [3.8, 4) is 0 Å². The first-order chi connectivity index (χ1) is 13.5. The van der Waals surface area contributed by atoms with Crippen LogP contribution in [-0.2, 0) is 24.8 Å². The first-order valence-electron chi connectivity index (χ1n) is 9.89. The van der Waals surface area contributed by atoms with Gasteiger partial charge in [-0.1, -0.05) is 29.8 Å². The molecular formula is C23H28N4O. The van der Waals surface area contributed by atoms with Crippen LogP contribution in [0.25, 0.3) is 0 Å². The highest BCUT2D eigenvalue weighted by Gasteiger charge is 2.24. The van der Waals surface area contributed by atoms with E-state index in [4.69, 9.17) is 9.72 Å². The first kappa shape index (κ1) is 18.8. The summed E-state index contributed by atoms with van der Waals surface area (Å²) < 4.78 is 7.94. The molecule has 0 saturated carbocycles. The summed E-state index contributed by atoms with van der Waals surface area (Å²) in [6.07, 6.45) is 4.95. The molecule has 0 radical (unpaired) electrons. The van der Waals surface area contributed by atoms with Crippen LogP contribution in [0.15, 0.2) is 48.8 Å². The second kappa shape index (κ2) is 8.25. The number of hydrogen-bond acceptors (Lipinski definition) is 4. The normalized spacial score (nSPS) is 17.8. The van der Waals surface area contributed by atoms with Crippen LogP contribution in [0, 0.1) is 13.8 Å². The van der Waals surface area contributed by atoms with E-state index in [1.807, 2.05) is 17.9 Å². The van der Waals surface area contributed by atoms with Crippen molar-refractivity contribution < 1.29 is 4.74 Å². The number of morpholine rings is 1. The largest absolute Gasteiger partial charge is 0.369 e. The van der Waals surface area contributed by atoms with Crippen molar-refractivity contribution in [2.24, 2.45) is 7.05 Å². The first-order valence-corrected chi connectivity index (χ1v) is 9.89. The molecule has 1 aromatic carbocycles. The summed E-state index contributed by atoms with van der Waals surface area (Å²) in [6.45, 7) is 7.61. The van der Waals surface area contributed by atoms with Crippen molar-refractivity contribution in [1.29, 1.82) is 0 Å². The standard InChI is InChI=1S/C23H28N4O/c1-17-4-6-19(7-5-17)11-20-10-18(2)25-22(12-20)23-16-27(8-9-28-23)15-21-13-24-26(3)14-21/h4-7,10,12-14,23H,8-9,11,15-16H2,1-3H3/t23-/m0/s1. The lowest BCUT2D eigenvalue weighted by Crippen LogP contribution is -2.38. The van der Waals surface area contributed by atoms with Crippen molar-refractivity contribution in [1.82, 2.24) is 19.7 Å². The topological polar surface area (TPSA) is 43.2 Å². The maximum Gasteiger partial charge on any atom is 0.112 e. The van der Waals surface area contributed by atoms with E-state index in [9.17, 15) is 0 Å². The lowest BCUT2D eigenvalue weighted by atomic mass is 10.0. The van der Waals surface area contributed by atoms with Gasteiger partial charge in [0.05, 0.1) is 18.5 Å². The molecule has 0 N–H and O–H groups in total. The van der Waals surface area contributed by atoms with Crippen LogP contribution in [0.2, 0.25) is 0 Å². The molecule has 1 aliphatic rings. The number of benzene rings is 1. The predicted octanol–water partition coefficient (Wildman–Crippen LogP) is 3.60. The Morgan fingerprint density at radius 1 is 1.07 bits per heavy atom. The Morgan fingerprint density at radius 3 is 2.64 bits per heavy atom. The molecular weight excluding hydrogens is 348 g/mol. The zero-order chi connectivity index (χ0) is 19.5. The highest BCUT2D eigenvalue weighted by Crippen LogP contribution is 2.24. The Kier molecular flexibility index (Phi) is 5.55. The van der Waals surface area contributed by atoms with Gasteiger partial charge >= 0.3 is 0 Å². The molecule has 0 spiro atoms. The summed E-state index contributed by atoms with van der Waals surface area (Å²) in [5.74, 6) is 0. The number of nitrogens with zero attached hydrogens (tertiary/aromatic N) is 4. The summed E-state index contributed by atoms with van der Waals surface area (Å²) in [4.78, 5) is 7.22. The van der Waals surface area contributed by atoms with Gasteiger partial charge in [0.1, 0.15) is 6.10 Å². The molecule has 1 saturated heterocycles. The van der Waals surface area contributed by atoms with Crippen LogP contribution >= 0.6 is 0 Å². The average molecular weight is 377 g/mol. The zero-order valence-corrected chi connectivity index (χ0v) is 16.9. The number of hydrogen-bond donors (Lipinski definition) is 0. The number of aromatic nitrogens is 3. The van der Waals surface area contributed by atoms with Gasteiger partial charge in [-0.15, -0.1) is 0 Å². The summed E-state index contributed by atoms with van der Waals surface area (Å²) in [6, 6.07) is 13.1. The van der Waals surface area contributed by atoms with Gasteiger partial charge in [0.2, 0.25) is 0 Å². The predicted molar refractivity (Wildman–Crippen MR) is 110 cm³/mol. The molecule has 1 fully saturated rings. The number of aryl methyl sites for hydroxylation is 3. The third-order valence-electron chi connectivity index (χ3n) is 5.21. The molecule has 4 rings (SSSR count).